The van der Waals surface area contributed by atoms with E-state index in [-0.39, 0.29) is 0 Å². The lowest BCUT2D eigenvalue weighted by Gasteiger charge is -2.19. The summed E-state index contributed by atoms with van der Waals surface area (Å²) in [4.78, 5) is 2.35. The summed E-state index contributed by atoms with van der Waals surface area (Å²) >= 11 is 0. The number of hydrogen-bond donors (Lipinski definition) is 1. The lowest BCUT2D eigenvalue weighted by Crippen LogP contribution is -2.43. The van der Waals surface area contributed by atoms with Crippen LogP contribution in [0.15, 0.2) is 0 Å². The Bertz CT molecular complexity index is 208. The standard InChI is InChI=1S/C15H33N3/c1-5-7-9-11-13-18(15(16)17(3)4)14-12-10-8-6-2/h16H,5-14H2,1-4H3/p+1. The molecule has 0 aromatic rings. The van der Waals surface area contributed by atoms with Gasteiger partial charge in [0.15, 0.2) is 0 Å². The van der Waals surface area contributed by atoms with Gasteiger partial charge in [0, 0.05) is 0 Å². The van der Waals surface area contributed by atoms with Crippen molar-refractivity contribution in [3.8, 4) is 0 Å². The first-order chi connectivity index (χ1) is 8.63. The third-order valence-electron chi connectivity index (χ3n) is 3.35. The summed E-state index contributed by atoms with van der Waals surface area (Å²) in [5, 5.41) is 0. The minimum atomic E-state index is 0.919. The van der Waals surface area contributed by atoms with Crippen molar-refractivity contribution in [3.05, 3.63) is 0 Å². The molecule has 0 atom stereocenters. The van der Waals surface area contributed by atoms with Crippen LogP contribution >= 0.6 is 0 Å². The fourth-order valence-electron chi connectivity index (χ4n) is 2.08. The summed E-state index contributed by atoms with van der Waals surface area (Å²) in [5.41, 5.74) is 6.16. The van der Waals surface area contributed by atoms with E-state index in [0.717, 1.165) is 19.0 Å². The maximum atomic E-state index is 6.16. The van der Waals surface area contributed by atoms with Crippen LogP contribution in [-0.2, 0) is 0 Å². The zero-order valence-corrected chi connectivity index (χ0v) is 13.0. The SMILES string of the molecule is CCCCCCN(CCCCCC)C(N)=[N+](C)C. The fourth-order valence-corrected chi connectivity index (χ4v) is 2.08. The molecule has 0 heterocycles. The zero-order chi connectivity index (χ0) is 13.8. The van der Waals surface area contributed by atoms with Gasteiger partial charge in [0.1, 0.15) is 0 Å². The van der Waals surface area contributed by atoms with Crippen molar-refractivity contribution in [2.75, 3.05) is 27.2 Å². The van der Waals surface area contributed by atoms with Crippen molar-refractivity contribution in [2.45, 2.75) is 65.2 Å². The van der Waals surface area contributed by atoms with Gasteiger partial charge >= 0.3 is 5.96 Å². The highest BCUT2D eigenvalue weighted by Gasteiger charge is 2.14. The molecule has 0 bridgehead atoms. The molecule has 18 heavy (non-hydrogen) atoms. The molecule has 3 nitrogen and oxygen atoms in total. The highest BCUT2D eigenvalue weighted by atomic mass is 15.3. The number of hydrogen-bond acceptors (Lipinski definition) is 0. The number of nitrogens with two attached hydrogens (primary N) is 1. The lowest BCUT2D eigenvalue weighted by atomic mass is 10.2. The molecule has 0 aliphatic carbocycles. The Balaban J connectivity index is 4.05. The molecule has 0 saturated carbocycles. The molecule has 0 amide bonds. The van der Waals surface area contributed by atoms with Crippen molar-refractivity contribution in [2.24, 2.45) is 5.73 Å². The van der Waals surface area contributed by atoms with Crippen LogP contribution in [0.2, 0.25) is 0 Å². The van der Waals surface area contributed by atoms with Crippen molar-refractivity contribution >= 4 is 5.96 Å². The molecule has 0 aromatic carbocycles. The van der Waals surface area contributed by atoms with Crippen LogP contribution in [0.1, 0.15) is 65.2 Å². The first kappa shape index (κ1) is 17.3. The second-order valence-electron chi connectivity index (χ2n) is 5.36. The predicted octanol–water partition coefficient (Wildman–Crippen LogP) is 3.04. The average molecular weight is 256 g/mol. The largest absolute Gasteiger partial charge is 0.345 e. The van der Waals surface area contributed by atoms with E-state index in [1.54, 1.807) is 0 Å². The van der Waals surface area contributed by atoms with Crippen LogP contribution in [0.4, 0.5) is 0 Å². The van der Waals surface area contributed by atoms with E-state index < -0.39 is 0 Å². The molecule has 0 spiro atoms. The molecule has 0 radical (unpaired) electrons. The van der Waals surface area contributed by atoms with Crippen molar-refractivity contribution in [1.82, 2.24) is 4.90 Å². The quantitative estimate of drug-likeness (QED) is 0.282. The third-order valence-corrected chi connectivity index (χ3v) is 3.35. The predicted molar refractivity (Wildman–Crippen MR) is 81.2 cm³/mol. The minimum absolute atomic E-state index is 0.919. The summed E-state index contributed by atoms with van der Waals surface area (Å²) in [6.45, 7) is 6.72. The number of rotatable bonds is 10. The normalized spacial score (nSPS) is 10.4. The second kappa shape index (κ2) is 11.4. The summed E-state index contributed by atoms with van der Waals surface area (Å²) in [6.07, 6.45) is 10.4. The first-order valence-electron chi connectivity index (χ1n) is 7.68. The molecular weight excluding hydrogens is 222 g/mol. The van der Waals surface area contributed by atoms with E-state index >= 15 is 0 Å². The summed E-state index contributed by atoms with van der Waals surface area (Å²) in [6, 6.07) is 0. The maximum absolute atomic E-state index is 6.16. The average Bonchev–Trinajstić information content (AvgIpc) is 2.36. The molecule has 0 aromatic heterocycles. The molecule has 3 heteroatoms. The highest BCUT2D eigenvalue weighted by Crippen LogP contribution is 2.05. The maximum Gasteiger partial charge on any atom is 0.345 e. The monoisotopic (exact) mass is 256 g/mol. The Labute approximate surface area is 114 Å². The Kier molecular flexibility index (Phi) is 10.9. The van der Waals surface area contributed by atoms with Crippen LogP contribution < -0.4 is 5.73 Å². The van der Waals surface area contributed by atoms with Gasteiger partial charge in [-0.3, -0.25) is 15.2 Å². The molecule has 2 N–H and O–H groups in total. The van der Waals surface area contributed by atoms with E-state index in [1.807, 2.05) is 18.7 Å². The Morgan fingerprint density at radius 2 is 1.28 bits per heavy atom. The van der Waals surface area contributed by atoms with E-state index in [9.17, 15) is 0 Å². The van der Waals surface area contributed by atoms with E-state index in [1.165, 1.54) is 51.4 Å². The van der Waals surface area contributed by atoms with Crippen LogP contribution in [0.3, 0.4) is 0 Å². The smallest absolute Gasteiger partial charge is 0.291 e. The van der Waals surface area contributed by atoms with Gasteiger partial charge in [0.2, 0.25) is 0 Å². The number of guanidine groups is 1. The number of unbranched alkanes of at least 4 members (excludes halogenated alkanes) is 6. The van der Waals surface area contributed by atoms with E-state index in [2.05, 4.69) is 18.7 Å². The van der Waals surface area contributed by atoms with Crippen molar-refractivity contribution in [3.63, 3.8) is 0 Å². The summed E-state index contributed by atoms with van der Waals surface area (Å²) in [5.74, 6) is 0.919. The summed E-state index contributed by atoms with van der Waals surface area (Å²) < 4.78 is 2.03. The van der Waals surface area contributed by atoms with Gasteiger partial charge in [-0.25, -0.2) is 0 Å². The Hall–Kier alpha value is -0.730. The summed E-state index contributed by atoms with van der Waals surface area (Å²) in [7, 11) is 4.06. The zero-order valence-electron chi connectivity index (χ0n) is 13.0. The lowest BCUT2D eigenvalue weighted by molar-refractivity contribution is -0.471. The van der Waals surface area contributed by atoms with Crippen molar-refractivity contribution in [1.29, 1.82) is 0 Å². The fraction of sp³-hybridized carbons (Fsp3) is 0.933. The van der Waals surface area contributed by atoms with Crippen LogP contribution in [-0.4, -0.2) is 42.6 Å². The second-order valence-corrected chi connectivity index (χ2v) is 5.36. The van der Waals surface area contributed by atoms with E-state index in [0.29, 0.717) is 0 Å². The Morgan fingerprint density at radius 3 is 1.61 bits per heavy atom. The highest BCUT2D eigenvalue weighted by molar-refractivity contribution is 5.72. The third kappa shape index (κ3) is 8.37. The van der Waals surface area contributed by atoms with Gasteiger partial charge in [-0.05, 0) is 12.8 Å². The minimum Gasteiger partial charge on any atom is -0.291 e. The Morgan fingerprint density at radius 1 is 0.833 bits per heavy atom. The molecule has 0 fully saturated rings. The van der Waals surface area contributed by atoms with E-state index in [4.69, 9.17) is 5.73 Å². The molecule has 108 valence electrons. The van der Waals surface area contributed by atoms with Gasteiger partial charge in [-0.1, -0.05) is 52.4 Å². The van der Waals surface area contributed by atoms with Crippen LogP contribution in [0.25, 0.3) is 0 Å². The van der Waals surface area contributed by atoms with Gasteiger partial charge < -0.3 is 0 Å². The molecule has 0 saturated heterocycles. The van der Waals surface area contributed by atoms with Gasteiger partial charge in [0.05, 0.1) is 27.2 Å². The molecule has 0 aliphatic heterocycles. The topological polar surface area (TPSA) is 32.3 Å². The van der Waals surface area contributed by atoms with Crippen LogP contribution in [0, 0.1) is 0 Å². The molecule has 0 unspecified atom stereocenters. The van der Waals surface area contributed by atoms with Gasteiger partial charge in [0.25, 0.3) is 0 Å². The van der Waals surface area contributed by atoms with Crippen LogP contribution in [0.5, 0.6) is 0 Å². The van der Waals surface area contributed by atoms with Gasteiger partial charge in [-0.2, -0.15) is 0 Å². The molecular formula is C15H34N3+. The molecule has 0 aliphatic rings. The van der Waals surface area contributed by atoms with Crippen molar-refractivity contribution < 1.29 is 4.58 Å². The molecule has 0 rings (SSSR count). The number of nitrogens with zero attached hydrogens (tertiary/aromatic N) is 2. The van der Waals surface area contributed by atoms with Gasteiger partial charge in [-0.15, -0.1) is 0 Å². The first-order valence-corrected chi connectivity index (χ1v) is 7.68.